The molecule has 0 spiro atoms. The maximum Gasteiger partial charge on any atom is 0.244 e. The Hall–Kier alpha value is -3.74. The molecule has 0 bridgehead atoms. The number of nitrogens with two attached hydrogens (primary N) is 1. The first-order valence-corrected chi connectivity index (χ1v) is 14.3. The predicted molar refractivity (Wildman–Crippen MR) is 163 cm³/mol. The molecule has 1 aliphatic rings. The van der Waals surface area contributed by atoms with E-state index < -0.39 is 0 Å². The molecule has 4 N–H and O–H groups in total. The van der Waals surface area contributed by atoms with Crippen molar-refractivity contribution in [3.8, 4) is 0 Å². The van der Waals surface area contributed by atoms with Crippen LogP contribution in [0.25, 0.3) is 6.08 Å². The van der Waals surface area contributed by atoms with E-state index in [0.717, 1.165) is 12.0 Å². The highest BCUT2D eigenvalue weighted by Crippen LogP contribution is 2.27. The van der Waals surface area contributed by atoms with Gasteiger partial charge in [0.15, 0.2) is 0 Å². The van der Waals surface area contributed by atoms with Gasteiger partial charge in [-0.1, -0.05) is 98.8 Å². The fourth-order valence-electron chi connectivity index (χ4n) is 5.24. The van der Waals surface area contributed by atoms with Gasteiger partial charge in [-0.25, -0.2) is 0 Å². The molecular formula is C34H42N4O2. The highest BCUT2D eigenvalue weighted by Gasteiger charge is 2.32. The molecule has 0 aromatic heterocycles. The number of hydrogen-bond donors (Lipinski definition) is 3. The third-order valence-electron chi connectivity index (χ3n) is 7.61. The average molecular weight is 539 g/mol. The molecule has 1 aliphatic heterocycles. The molecule has 1 fully saturated rings. The summed E-state index contributed by atoms with van der Waals surface area (Å²) in [7, 11) is 0. The topological polar surface area (TPSA) is 87.5 Å². The van der Waals surface area contributed by atoms with Gasteiger partial charge in [0, 0.05) is 37.7 Å². The minimum absolute atomic E-state index is 0.0277. The van der Waals surface area contributed by atoms with Gasteiger partial charge in [-0.05, 0) is 53.6 Å². The van der Waals surface area contributed by atoms with Crippen LogP contribution >= 0.6 is 0 Å². The van der Waals surface area contributed by atoms with Crippen molar-refractivity contribution in [1.29, 1.82) is 0 Å². The van der Waals surface area contributed by atoms with E-state index in [4.69, 9.17) is 5.73 Å². The molecule has 3 aromatic carbocycles. The monoisotopic (exact) mass is 538 g/mol. The van der Waals surface area contributed by atoms with Crippen LogP contribution in [0.3, 0.4) is 0 Å². The van der Waals surface area contributed by atoms with Crippen LogP contribution in [0, 0.1) is 0 Å². The summed E-state index contributed by atoms with van der Waals surface area (Å²) in [6.45, 7) is 6.38. The maximum absolute atomic E-state index is 13.7. The molecule has 2 amide bonds. The fourth-order valence-corrected chi connectivity index (χ4v) is 5.24. The van der Waals surface area contributed by atoms with Crippen LogP contribution in [0.2, 0.25) is 0 Å². The van der Waals surface area contributed by atoms with Crippen molar-refractivity contribution in [2.75, 3.05) is 26.2 Å². The summed E-state index contributed by atoms with van der Waals surface area (Å²) in [5.74, 6) is 0.467. The highest BCUT2D eigenvalue weighted by atomic mass is 16.2. The molecule has 0 saturated carbocycles. The minimum atomic E-state index is -0.378. The van der Waals surface area contributed by atoms with E-state index in [1.165, 1.54) is 16.7 Å². The lowest BCUT2D eigenvalue weighted by atomic mass is 9.90. The molecule has 6 nitrogen and oxygen atoms in total. The Labute approximate surface area is 238 Å². The summed E-state index contributed by atoms with van der Waals surface area (Å²) in [6.07, 6.45) is 4.69. The van der Waals surface area contributed by atoms with Crippen molar-refractivity contribution < 1.29 is 9.59 Å². The number of carbonyl (C=O) groups excluding carboxylic acids is 2. The van der Waals surface area contributed by atoms with E-state index in [1.807, 2.05) is 59.5 Å². The summed E-state index contributed by atoms with van der Waals surface area (Å²) < 4.78 is 0. The van der Waals surface area contributed by atoms with Gasteiger partial charge in [-0.2, -0.15) is 0 Å². The second-order valence-electron chi connectivity index (χ2n) is 10.8. The molecule has 2 unspecified atom stereocenters. The molecule has 0 radical (unpaired) electrons. The highest BCUT2D eigenvalue weighted by molar-refractivity contribution is 5.91. The molecule has 6 heteroatoms. The van der Waals surface area contributed by atoms with Gasteiger partial charge in [-0.15, -0.1) is 0 Å². The lowest BCUT2D eigenvalue weighted by Crippen LogP contribution is -2.49. The first-order chi connectivity index (χ1) is 19.4. The van der Waals surface area contributed by atoms with Gasteiger partial charge in [0.25, 0.3) is 0 Å². The zero-order chi connectivity index (χ0) is 28.3. The normalized spacial score (nSPS) is 17.9. The summed E-state index contributed by atoms with van der Waals surface area (Å²) in [5, 5.41) is 6.50. The smallest absolute Gasteiger partial charge is 0.244 e. The van der Waals surface area contributed by atoms with Crippen molar-refractivity contribution in [2.24, 2.45) is 5.73 Å². The van der Waals surface area contributed by atoms with Gasteiger partial charge in [0.1, 0.15) is 0 Å². The first kappa shape index (κ1) is 29.2. The van der Waals surface area contributed by atoms with E-state index in [2.05, 4.69) is 60.9 Å². The zero-order valence-electron chi connectivity index (χ0n) is 23.6. The van der Waals surface area contributed by atoms with Crippen LogP contribution in [-0.4, -0.2) is 55.0 Å². The molecule has 210 valence electrons. The summed E-state index contributed by atoms with van der Waals surface area (Å²) in [4.78, 5) is 28.2. The van der Waals surface area contributed by atoms with E-state index in [-0.39, 0.29) is 29.8 Å². The maximum atomic E-state index is 13.7. The summed E-state index contributed by atoms with van der Waals surface area (Å²) >= 11 is 0. The minimum Gasteiger partial charge on any atom is -0.351 e. The second kappa shape index (κ2) is 14.6. The van der Waals surface area contributed by atoms with Gasteiger partial charge < -0.3 is 21.3 Å². The Kier molecular flexibility index (Phi) is 10.7. The number of carbonyl (C=O) groups is 2. The van der Waals surface area contributed by atoms with Crippen molar-refractivity contribution in [1.82, 2.24) is 15.5 Å². The van der Waals surface area contributed by atoms with Crippen LogP contribution in [0.4, 0.5) is 0 Å². The van der Waals surface area contributed by atoms with Crippen LogP contribution < -0.4 is 16.4 Å². The van der Waals surface area contributed by atoms with Gasteiger partial charge >= 0.3 is 0 Å². The second-order valence-corrected chi connectivity index (χ2v) is 10.8. The van der Waals surface area contributed by atoms with Crippen molar-refractivity contribution >= 4 is 17.9 Å². The molecule has 1 saturated heterocycles. The Bertz CT molecular complexity index is 1200. The van der Waals surface area contributed by atoms with E-state index in [9.17, 15) is 9.59 Å². The summed E-state index contributed by atoms with van der Waals surface area (Å²) in [6, 6.07) is 28.5. The molecule has 2 atom stereocenters. The Morgan fingerprint density at radius 1 is 0.975 bits per heavy atom. The van der Waals surface area contributed by atoms with E-state index in [1.54, 1.807) is 6.08 Å². The van der Waals surface area contributed by atoms with Gasteiger partial charge in [0.2, 0.25) is 11.8 Å². The Balaban J connectivity index is 1.40. The largest absolute Gasteiger partial charge is 0.351 e. The summed E-state index contributed by atoms with van der Waals surface area (Å²) in [5.41, 5.74) is 10.5. The quantitative estimate of drug-likeness (QED) is 0.310. The molecule has 1 heterocycles. The Morgan fingerprint density at radius 2 is 1.60 bits per heavy atom. The third-order valence-corrected chi connectivity index (χ3v) is 7.61. The van der Waals surface area contributed by atoms with Crippen LogP contribution in [0.15, 0.2) is 91.0 Å². The molecule has 40 heavy (non-hydrogen) atoms. The predicted octanol–water partition coefficient (Wildman–Crippen LogP) is 4.68. The third kappa shape index (κ3) is 8.13. The number of hydrogen-bond acceptors (Lipinski definition) is 4. The van der Waals surface area contributed by atoms with Crippen LogP contribution in [0.1, 0.15) is 60.8 Å². The fraction of sp³-hybridized carbons (Fsp3) is 0.353. The van der Waals surface area contributed by atoms with Crippen molar-refractivity contribution in [3.05, 3.63) is 113 Å². The number of nitrogens with one attached hydrogen (secondary N) is 2. The van der Waals surface area contributed by atoms with Gasteiger partial charge in [0.05, 0.1) is 6.04 Å². The lowest BCUT2D eigenvalue weighted by Gasteiger charge is -2.29. The first-order valence-electron chi connectivity index (χ1n) is 14.3. The van der Waals surface area contributed by atoms with Crippen molar-refractivity contribution in [2.45, 2.75) is 50.6 Å². The molecule has 4 rings (SSSR count). The number of rotatable bonds is 11. The van der Waals surface area contributed by atoms with Crippen molar-refractivity contribution in [3.63, 3.8) is 0 Å². The molecule has 0 aliphatic carbocycles. The standard InChI is InChI=1S/C34H42N4O2/c1-25(2)27-16-13-26(14-17-27)15-18-33(39)36-23-30-20-22-38(34(40)32(37-30)19-21-35)24-31(28-9-5-3-6-10-28)29-11-7-4-8-12-29/h3-18,25,30-32,37H,19-24,35H2,1-2H3,(H,36,39). The lowest BCUT2D eigenvalue weighted by molar-refractivity contribution is -0.133. The number of amides is 2. The van der Waals surface area contributed by atoms with Gasteiger partial charge in [-0.3, -0.25) is 9.59 Å². The van der Waals surface area contributed by atoms with E-state index >= 15 is 0 Å². The number of nitrogens with zero attached hydrogens (tertiary/aromatic N) is 1. The SMILES string of the molecule is CC(C)c1ccc(C=CC(=O)NCC2CCN(CC(c3ccccc3)c3ccccc3)C(=O)C(CCN)N2)cc1. The molecular weight excluding hydrogens is 496 g/mol. The number of benzene rings is 3. The van der Waals surface area contributed by atoms with Crippen LogP contribution in [0.5, 0.6) is 0 Å². The van der Waals surface area contributed by atoms with E-state index in [0.29, 0.717) is 38.5 Å². The zero-order valence-corrected chi connectivity index (χ0v) is 23.6. The molecule has 3 aromatic rings. The average Bonchev–Trinajstić information content (AvgIpc) is 3.13. The van der Waals surface area contributed by atoms with Crippen LogP contribution in [-0.2, 0) is 9.59 Å². The Morgan fingerprint density at radius 3 is 2.17 bits per heavy atom.